The number of nitrogens with zero attached hydrogens (tertiary/aromatic N) is 1. The van der Waals surface area contributed by atoms with Gasteiger partial charge in [-0.25, -0.2) is 8.42 Å². The molecule has 2 aromatic rings. The quantitative estimate of drug-likeness (QED) is 0.679. The van der Waals surface area contributed by atoms with Crippen LogP contribution in [0.2, 0.25) is 0 Å². The monoisotopic (exact) mass is 469 g/mol. The van der Waals surface area contributed by atoms with Crippen molar-refractivity contribution in [2.45, 2.75) is 49.8 Å². The van der Waals surface area contributed by atoms with Gasteiger partial charge < -0.3 is 10.6 Å². The Balaban J connectivity index is 1.34. The molecule has 1 saturated heterocycles. The molecule has 176 valence electrons. The maximum absolute atomic E-state index is 13.2. The van der Waals surface area contributed by atoms with Gasteiger partial charge in [-0.2, -0.15) is 4.31 Å². The minimum atomic E-state index is -3.64. The molecular weight excluding hydrogens is 438 g/mol. The number of aryl methyl sites for hydroxylation is 1. The molecule has 0 saturated carbocycles. The molecule has 0 spiro atoms. The summed E-state index contributed by atoms with van der Waals surface area (Å²) in [6, 6.07) is 15.0. The molecule has 2 aliphatic rings. The summed E-state index contributed by atoms with van der Waals surface area (Å²) in [5, 5.41) is 5.88. The summed E-state index contributed by atoms with van der Waals surface area (Å²) in [5.41, 5.74) is 2.72. The molecule has 2 heterocycles. The Labute approximate surface area is 195 Å². The molecule has 1 fully saturated rings. The molecule has 2 N–H and O–H groups in total. The van der Waals surface area contributed by atoms with Gasteiger partial charge in [-0.05, 0) is 60.9 Å². The van der Waals surface area contributed by atoms with Crippen molar-refractivity contribution in [3.8, 4) is 0 Å². The number of hydrogen-bond acceptors (Lipinski definition) is 4. The van der Waals surface area contributed by atoms with Crippen LogP contribution in [0, 0.1) is 5.92 Å². The highest BCUT2D eigenvalue weighted by molar-refractivity contribution is 7.89. The van der Waals surface area contributed by atoms with Gasteiger partial charge in [0, 0.05) is 37.7 Å². The van der Waals surface area contributed by atoms with Crippen LogP contribution in [0.3, 0.4) is 0 Å². The summed E-state index contributed by atoms with van der Waals surface area (Å²) in [4.78, 5) is 24.7. The fourth-order valence-corrected chi connectivity index (χ4v) is 6.04. The van der Waals surface area contributed by atoms with E-state index >= 15 is 0 Å². The Kier molecular flexibility index (Phi) is 7.14. The highest BCUT2D eigenvalue weighted by atomic mass is 32.2. The Morgan fingerprint density at radius 1 is 1.12 bits per heavy atom. The second kappa shape index (κ2) is 10.1. The predicted molar refractivity (Wildman–Crippen MR) is 127 cm³/mol. The standard InChI is InChI=1S/C25H31N3O4S/c1-18(19-6-3-2-4-7-19)17-26-25(30)20-12-14-28(15-13-20)33(31,32)22-10-11-23-21(16-22)8-5-9-24(29)27-23/h2-4,6-7,10-11,16,18,20H,5,8-9,12-15,17H2,1H3,(H,26,30)(H,27,29). The average molecular weight is 470 g/mol. The first kappa shape index (κ1) is 23.4. The van der Waals surface area contributed by atoms with Crippen LogP contribution in [0.25, 0.3) is 0 Å². The zero-order chi connectivity index (χ0) is 23.4. The van der Waals surface area contributed by atoms with E-state index in [0.717, 1.165) is 5.56 Å². The van der Waals surface area contributed by atoms with Gasteiger partial charge in [0.25, 0.3) is 0 Å². The molecule has 0 radical (unpaired) electrons. The van der Waals surface area contributed by atoms with Crippen molar-refractivity contribution in [1.82, 2.24) is 9.62 Å². The van der Waals surface area contributed by atoms with Gasteiger partial charge in [0.15, 0.2) is 0 Å². The van der Waals surface area contributed by atoms with E-state index in [2.05, 4.69) is 29.7 Å². The van der Waals surface area contributed by atoms with Crippen LogP contribution in [-0.4, -0.2) is 44.2 Å². The maximum Gasteiger partial charge on any atom is 0.243 e. The number of anilines is 1. The minimum Gasteiger partial charge on any atom is -0.355 e. The van der Waals surface area contributed by atoms with Crippen molar-refractivity contribution in [2.75, 3.05) is 25.0 Å². The van der Waals surface area contributed by atoms with Gasteiger partial charge in [0.2, 0.25) is 21.8 Å². The van der Waals surface area contributed by atoms with E-state index in [1.807, 2.05) is 18.2 Å². The molecule has 8 heteroatoms. The summed E-state index contributed by atoms with van der Waals surface area (Å²) in [7, 11) is -3.64. The molecular formula is C25H31N3O4S. The summed E-state index contributed by atoms with van der Waals surface area (Å²) >= 11 is 0. The van der Waals surface area contributed by atoms with E-state index in [1.54, 1.807) is 18.2 Å². The number of hydrogen-bond donors (Lipinski definition) is 2. The van der Waals surface area contributed by atoms with Crippen LogP contribution < -0.4 is 10.6 Å². The zero-order valence-corrected chi connectivity index (χ0v) is 19.7. The topological polar surface area (TPSA) is 95.6 Å². The van der Waals surface area contributed by atoms with Crippen LogP contribution in [-0.2, 0) is 26.0 Å². The number of rotatable bonds is 6. The van der Waals surface area contributed by atoms with Gasteiger partial charge in [-0.1, -0.05) is 37.3 Å². The summed E-state index contributed by atoms with van der Waals surface area (Å²) in [5.74, 6) is -0.00578. The van der Waals surface area contributed by atoms with Crippen LogP contribution in [0.5, 0.6) is 0 Å². The SMILES string of the molecule is CC(CNC(=O)C1CCN(S(=O)(=O)c2ccc3c(c2)CCCC(=O)N3)CC1)c1ccccc1. The third-order valence-corrected chi connectivity index (χ3v) is 8.51. The number of carbonyl (C=O) groups is 2. The Hall–Kier alpha value is -2.71. The molecule has 0 aliphatic carbocycles. The zero-order valence-electron chi connectivity index (χ0n) is 18.9. The van der Waals surface area contributed by atoms with Gasteiger partial charge >= 0.3 is 0 Å². The summed E-state index contributed by atoms with van der Waals surface area (Å²) in [6.07, 6.45) is 2.82. The van der Waals surface area contributed by atoms with E-state index in [0.29, 0.717) is 57.4 Å². The molecule has 7 nitrogen and oxygen atoms in total. The predicted octanol–water partition coefficient (Wildman–Crippen LogP) is 3.28. The van der Waals surface area contributed by atoms with Gasteiger partial charge in [-0.3, -0.25) is 9.59 Å². The first-order valence-electron chi connectivity index (χ1n) is 11.6. The molecule has 1 unspecified atom stereocenters. The third kappa shape index (κ3) is 5.45. The number of sulfonamides is 1. The lowest BCUT2D eigenvalue weighted by molar-refractivity contribution is -0.126. The van der Waals surface area contributed by atoms with Crippen molar-refractivity contribution >= 4 is 27.5 Å². The number of fused-ring (bicyclic) bond motifs is 1. The molecule has 33 heavy (non-hydrogen) atoms. The van der Waals surface area contributed by atoms with Crippen molar-refractivity contribution in [3.05, 3.63) is 59.7 Å². The second-order valence-electron chi connectivity index (χ2n) is 8.96. The van der Waals surface area contributed by atoms with Gasteiger partial charge in [-0.15, -0.1) is 0 Å². The van der Waals surface area contributed by atoms with E-state index in [9.17, 15) is 18.0 Å². The van der Waals surface area contributed by atoms with Crippen LogP contribution in [0.1, 0.15) is 49.7 Å². The fourth-order valence-electron chi connectivity index (χ4n) is 4.52. The number of piperidine rings is 1. The Morgan fingerprint density at radius 2 is 1.85 bits per heavy atom. The van der Waals surface area contributed by atoms with E-state index in [4.69, 9.17) is 0 Å². The molecule has 2 aliphatic heterocycles. The maximum atomic E-state index is 13.2. The first-order valence-corrected chi connectivity index (χ1v) is 13.0. The lowest BCUT2D eigenvalue weighted by Crippen LogP contribution is -2.43. The first-order chi connectivity index (χ1) is 15.8. The van der Waals surface area contributed by atoms with Gasteiger partial charge in [0.05, 0.1) is 4.90 Å². The number of benzene rings is 2. The van der Waals surface area contributed by atoms with Crippen LogP contribution >= 0.6 is 0 Å². The number of carbonyl (C=O) groups excluding carboxylic acids is 2. The van der Waals surface area contributed by atoms with Crippen molar-refractivity contribution in [3.63, 3.8) is 0 Å². The second-order valence-corrected chi connectivity index (χ2v) is 10.9. The van der Waals surface area contributed by atoms with E-state index < -0.39 is 10.0 Å². The normalized spacial score (nSPS) is 18.6. The summed E-state index contributed by atoms with van der Waals surface area (Å²) < 4.78 is 27.9. The van der Waals surface area contributed by atoms with Crippen molar-refractivity contribution in [1.29, 1.82) is 0 Å². The van der Waals surface area contributed by atoms with Crippen LogP contribution in [0.4, 0.5) is 5.69 Å². The lowest BCUT2D eigenvalue weighted by atomic mass is 9.96. The molecule has 2 aromatic carbocycles. The number of amides is 2. The van der Waals surface area contributed by atoms with Crippen molar-refractivity contribution < 1.29 is 18.0 Å². The average Bonchev–Trinajstić information content (AvgIpc) is 3.02. The molecule has 2 amide bonds. The van der Waals surface area contributed by atoms with Crippen molar-refractivity contribution in [2.24, 2.45) is 5.92 Å². The molecule has 4 rings (SSSR count). The highest BCUT2D eigenvalue weighted by Gasteiger charge is 2.32. The molecule has 0 bridgehead atoms. The Bertz CT molecular complexity index is 1110. The van der Waals surface area contributed by atoms with Gasteiger partial charge in [0.1, 0.15) is 0 Å². The smallest absolute Gasteiger partial charge is 0.243 e. The largest absolute Gasteiger partial charge is 0.355 e. The highest BCUT2D eigenvalue weighted by Crippen LogP contribution is 2.29. The number of nitrogens with one attached hydrogen (secondary N) is 2. The molecule has 0 aromatic heterocycles. The van der Waals surface area contributed by atoms with E-state index in [-0.39, 0.29) is 28.5 Å². The summed E-state index contributed by atoms with van der Waals surface area (Å²) in [6.45, 7) is 3.29. The Morgan fingerprint density at radius 3 is 2.58 bits per heavy atom. The van der Waals surface area contributed by atoms with Crippen LogP contribution in [0.15, 0.2) is 53.4 Å². The minimum absolute atomic E-state index is 0.00407. The lowest BCUT2D eigenvalue weighted by Gasteiger charge is -2.31. The fraction of sp³-hybridized carbons (Fsp3) is 0.440. The molecule has 1 atom stereocenters. The third-order valence-electron chi connectivity index (χ3n) is 6.61. The van der Waals surface area contributed by atoms with E-state index in [1.165, 1.54) is 9.87 Å².